The molecule has 1 heterocycles. The number of amides is 1. The number of nitrogens with one attached hydrogen (secondary N) is 1. The van der Waals surface area contributed by atoms with Crippen molar-refractivity contribution in [2.75, 3.05) is 19.6 Å². The minimum atomic E-state index is -0.927. The molecule has 0 saturated carbocycles. The molecule has 22 heavy (non-hydrogen) atoms. The predicted molar refractivity (Wildman–Crippen MR) is 83.6 cm³/mol. The smallest absolute Gasteiger partial charge is 0.325 e. The predicted octanol–water partition coefficient (Wildman–Crippen LogP) is 1.71. The number of fused-ring (bicyclic) bond motifs is 1. The number of carbonyl (C=O) groups is 2. The number of carbonyl (C=O) groups excluding carboxylic acids is 1. The summed E-state index contributed by atoms with van der Waals surface area (Å²) in [6.45, 7) is 3.13. The Morgan fingerprint density at radius 3 is 2.64 bits per heavy atom. The fourth-order valence-corrected chi connectivity index (χ4v) is 3.08. The molecule has 2 aromatic rings. The maximum Gasteiger partial charge on any atom is 0.325 e. The summed E-state index contributed by atoms with van der Waals surface area (Å²) < 4.78 is 0. The number of nitrogens with zero attached hydrogens (tertiary/aromatic N) is 1. The number of piperazine rings is 1. The number of carboxylic acids is 1. The molecule has 0 aliphatic carbocycles. The van der Waals surface area contributed by atoms with Crippen molar-refractivity contribution in [1.29, 1.82) is 0 Å². The van der Waals surface area contributed by atoms with E-state index in [0.717, 1.165) is 21.9 Å². The molecule has 1 aliphatic heterocycles. The third-order valence-corrected chi connectivity index (χ3v) is 4.14. The van der Waals surface area contributed by atoms with Crippen molar-refractivity contribution in [3.05, 3.63) is 47.5 Å². The first-order valence-electron chi connectivity index (χ1n) is 7.30. The maximum atomic E-state index is 11.9. The lowest BCUT2D eigenvalue weighted by Crippen LogP contribution is -2.50. The summed E-state index contributed by atoms with van der Waals surface area (Å²) in [5, 5.41) is 14.4. The van der Waals surface area contributed by atoms with Crippen molar-refractivity contribution in [2.45, 2.75) is 13.0 Å². The van der Waals surface area contributed by atoms with Crippen molar-refractivity contribution in [3.8, 4) is 0 Å². The van der Waals surface area contributed by atoms with Crippen molar-refractivity contribution in [2.24, 2.45) is 0 Å². The highest BCUT2D eigenvalue weighted by Gasteiger charge is 2.32. The van der Waals surface area contributed by atoms with Gasteiger partial charge in [0.05, 0.1) is 6.54 Å². The third kappa shape index (κ3) is 2.55. The summed E-state index contributed by atoms with van der Waals surface area (Å²) in [6, 6.07) is 10.8. The van der Waals surface area contributed by atoms with E-state index in [1.54, 1.807) is 4.90 Å². The van der Waals surface area contributed by atoms with Crippen LogP contribution < -0.4 is 5.32 Å². The zero-order chi connectivity index (χ0) is 15.7. The summed E-state index contributed by atoms with van der Waals surface area (Å²) in [6.07, 6.45) is 0. The normalized spacial score (nSPS) is 17.2. The number of aliphatic carboxylic acids is 1. The molecular weight excluding hydrogens is 280 g/mol. The van der Waals surface area contributed by atoms with E-state index in [1.807, 2.05) is 43.3 Å². The lowest BCUT2D eigenvalue weighted by atomic mass is 9.94. The minimum absolute atomic E-state index is 0.110. The van der Waals surface area contributed by atoms with Crippen molar-refractivity contribution < 1.29 is 14.7 Å². The largest absolute Gasteiger partial charge is 0.480 e. The van der Waals surface area contributed by atoms with E-state index in [0.29, 0.717) is 13.1 Å². The van der Waals surface area contributed by atoms with Gasteiger partial charge in [0.2, 0.25) is 5.91 Å². The van der Waals surface area contributed by atoms with E-state index >= 15 is 0 Å². The number of benzene rings is 2. The molecule has 5 heteroatoms. The first kappa shape index (κ1) is 14.5. The van der Waals surface area contributed by atoms with E-state index in [4.69, 9.17) is 0 Å². The third-order valence-electron chi connectivity index (χ3n) is 4.14. The van der Waals surface area contributed by atoms with Crippen LogP contribution in [0.2, 0.25) is 0 Å². The van der Waals surface area contributed by atoms with Gasteiger partial charge in [-0.05, 0) is 28.8 Å². The topological polar surface area (TPSA) is 69.6 Å². The molecule has 0 unspecified atom stereocenters. The SMILES string of the molecule is Cc1ccc([C@H](C(=O)O)N2CCNC(=O)C2)c2ccccc12. The summed E-state index contributed by atoms with van der Waals surface area (Å²) in [5.74, 6) is -1.06. The number of hydrogen-bond donors (Lipinski definition) is 2. The Morgan fingerprint density at radius 2 is 1.95 bits per heavy atom. The molecular formula is C17H18N2O3. The van der Waals surface area contributed by atoms with Crippen LogP contribution in [0.1, 0.15) is 17.2 Å². The Morgan fingerprint density at radius 1 is 1.23 bits per heavy atom. The van der Waals surface area contributed by atoms with Gasteiger partial charge >= 0.3 is 5.97 Å². The molecule has 1 fully saturated rings. The van der Waals surface area contributed by atoms with E-state index in [2.05, 4.69) is 5.32 Å². The van der Waals surface area contributed by atoms with Gasteiger partial charge in [-0.25, -0.2) is 0 Å². The average Bonchev–Trinajstić information content (AvgIpc) is 2.50. The van der Waals surface area contributed by atoms with Crippen LogP contribution in [0.15, 0.2) is 36.4 Å². The van der Waals surface area contributed by atoms with Crippen LogP contribution in [0.3, 0.4) is 0 Å². The van der Waals surface area contributed by atoms with Gasteiger partial charge in [0.25, 0.3) is 0 Å². The van der Waals surface area contributed by atoms with Crippen LogP contribution in [-0.2, 0) is 9.59 Å². The molecule has 0 radical (unpaired) electrons. The van der Waals surface area contributed by atoms with Gasteiger partial charge in [-0.15, -0.1) is 0 Å². The summed E-state index contributed by atoms with van der Waals surface area (Å²) >= 11 is 0. The highest BCUT2D eigenvalue weighted by molar-refractivity contribution is 5.93. The van der Waals surface area contributed by atoms with E-state index < -0.39 is 12.0 Å². The molecule has 0 spiro atoms. The second kappa shape index (κ2) is 5.77. The number of rotatable bonds is 3. The zero-order valence-corrected chi connectivity index (χ0v) is 12.4. The monoisotopic (exact) mass is 298 g/mol. The van der Waals surface area contributed by atoms with Gasteiger partial charge in [-0.3, -0.25) is 14.5 Å². The van der Waals surface area contributed by atoms with Crippen molar-refractivity contribution in [1.82, 2.24) is 10.2 Å². The quantitative estimate of drug-likeness (QED) is 0.905. The summed E-state index contributed by atoms with van der Waals surface area (Å²) in [5.41, 5.74) is 1.85. The van der Waals surface area contributed by atoms with Gasteiger partial charge < -0.3 is 10.4 Å². The van der Waals surface area contributed by atoms with Crippen LogP contribution in [0, 0.1) is 6.92 Å². The molecule has 1 amide bonds. The highest BCUT2D eigenvalue weighted by atomic mass is 16.4. The van der Waals surface area contributed by atoms with E-state index in [-0.39, 0.29) is 12.5 Å². The first-order chi connectivity index (χ1) is 10.6. The van der Waals surface area contributed by atoms with Gasteiger partial charge in [0.1, 0.15) is 6.04 Å². The zero-order valence-electron chi connectivity index (χ0n) is 12.4. The Hall–Kier alpha value is -2.40. The molecule has 2 aromatic carbocycles. The molecule has 1 saturated heterocycles. The molecule has 1 atom stereocenters. The molecule has 5 nitrogen and oxygen atoms in total. The van der Waals surface area contributed by atoms with Crippen molar-refractivity contribution in [3.63, 3.8) is 0 Å². The Balaban J connectivity index is 2.11. The summed E-state index contributed by atoms with van der Waals surface area (Å²) in [7, 11) is 0. The standard InChI is InChI=1S/C17H18N2O3/c1-11-6-7-14(13-5-3-2-4-12(11)13)16(17(21)22)19-9-8-18-15(20)10-19/h2-7,16H,8-10H2,1H3,(H,18,20)(H,21,22)/t16-/m1/s1. The Bertz CT molecular complexity index is 742. The number of aryl methyl sites for hydroxylation is 1. The number of hydrogen-bond acceptors (Lipinski definition) is 3. The lowest BCUT2D eigenvalue weighted by Gasteiger charge is -2.32. The molecule has 2 N–H and O–H groups in total. The average molecular weight is 298 g/mol. The van der Waals surface area contributed by atoms with Crippen molar-refractivity contribution >= 4 is 22.6 Å². The van der Waals surface area contributed by atoms with Gasteiger partial charge in [0.15, 0.2) is 0 Å². The first-order valence-corrected chi connectivity index (χ1v) is 7.30. The summed E-state index contributed by atoms with van der Waals surface area (Å²) in [4.78, 5) is 25.2. The van der Waals surface area contributed by atoms with Gasteiger partial charge in [-0.1, -0.05) is 36.4 Å². The lowest BCUT2D eigenvalue weighted by molar-refractivity contribution is -0.144. The van der Waals surface area contributed by atoms with E-state index in [9.17, 15) is 14.7 Å². The second-order valence-electron chi connectivity index (χ2n) is 5.58. The molecule has 0 aromatic heterocycles. The van der Waals surface area contributed by atoms with Crippen LogP contribution in [0.25, 0.3) is 10.8 Å². The maximum absolute atomic E-state index is 11.9. The van der Waals surface area contributed by atoms with Crippen LogP contribution >= 0.6 is 0 Å². The van der Waals surface area contributed by atoms with Crippen LogP contribution in [0.4, 0.5) is 0 Å². The van der Waals surface area contributed by atoms with Gasteiger partial charge in [0, 0.05) is 13.1 Å². The Kier molecular flexibility index (Phi) is 3.81. The Labute approximate surface area is 128 Å². The van der Waals surface area contributed by atoms with E-state index in [1.165, 1.54) is 0 Å². The molecule has 1 aliphatic rings. The second-order valence-corrected chi connectivity index (χ2v) is 5.58. The molecule has 114 valence electrons. The number of carboxylic acid groups (broad SMARTS) is 1. The highest BCUT2D eigenvalue weighted by Crippen LogP contribution is 2.30. The van der Waals surface area contributed by atoms with Crippen LogP contribution in [0.5, 0.6) is 0 Å². The van der Waals surface area contributed by atoms with Gasteiger partial charge in [-0.2, -0.15) is 0 Å². The fraction of sp³-hybridized carbons (Fsp3) is 0.294. The fourth-order valence-electron chi connectivity index (χ4n) is 3.08. The molecule has 3 rings (SSSR count). The van der Waals surface area contributed by atoms with Crippen LogP contribution in [-0.4, -0.2) is 41.5 Å². The molecule has 0 bridgehead atoms. The minimum Gasteiger partial charge on any atom is -0.480 e.